The molecule has 1 saturated heterocycles. The zero-order valence-corrected chi connectivity index (χ0v) is 6.05. The number of nitrogens with one attached hydrogen (secondary N) is 1. The van der Waals surface area contributed by atoms with Crippen molar-refractivity contribution in [1.29, 1.82) is 0 Å². The first-order chi connectivity index (χ1) is 4.90. The molecule has 1 aliphatic carbocycles. The number of carbonyl (C=O) groups is 1. The summed E-state index contributed by atoms with van der Waals surface area (Å²) in [5.41, 5.74) is 0. The van der Waals surface area contributed by atoms with Crippen molar-refractivity contribution in [3.05, 3.63) is 0 Å². The number of fused-ring (bicyclic) bond motifs is 1. The first-order valence-corrected chi connectivity index (χ1v) is 4.11. The van der Waals surface area contributed by atoms with Crippen LogP contribution >= 0.6 is 0 Å². The van der Waals surface area contributed by atoms with Crippen molar-refractivity contribution >= 4 is 6.29 Å². The van der Waals surface area contributed by atoms with Gasteiger partial charge in [-0.1, -0.05) is 6.42 Å². The van der Waals surface area contributed by atoms with E-state index in [-0.39, 0.29) is 6.04 Å². The summed E-state index contributed by atoms with van der Waals surface area (Å²) in [5.74, 6) is 0.815. The maximum atomic E-state index is 10.4. The van der Waals surface area contributed by atoms with Gasteiger partial charge in [0.2, 0.25) is 0 Å². The van der Waals surface area contributed by atoms with E-state index >= 15 is 0 Å². The summed E-state index contributed by atoms with van der Waals surface area (Å²) in [7, 11) is 0. The number of hydrogen-bond donors (Lipinski definition) is 1. The van der Waals surface area contributed by atoms with Gasteiger partial charge in [-0.15, -0.1) is 0 Å². The van der Waals surface area contributed by atoms with E-state index in [1.807, 2.05) is 0 Å². The van der Waals surface area contributed by atoms with Crippen LogP contribution in [0.2, 0.25) is 0 Å². The second-order valence-corrected chi connectivity index (χ2v) is 3.44. The van der Waals surface area contributed by atoms with Gasteiger partial charge in [0.05, 0.1) is 6.04 Å². The molecule has 0 aromatic rings. The van der Waals surface area contributed by atoms with E-state index in [9.17, 15) is 4.79 Å². The fourth-order valence-corrected chi connectivity index (χ4v) is 2.30. The predicted octanol–water partition coefficient (Wildman–Crippen LogP) is 0.716. The van der Waals surface area contributed by atoms with Crippen LogP contribution in [-0.2, 0) is 4.79 Å². The van der Waals surface area contributed by atoms with E-state index in [1.165, 1.54) is 19.3 Å². The summed E-state index contributed by atoms with van der Waals surface area (Å²) in [5, 5.41) is 3.33. The molecule has 2 aliphatic rings. The molecule has 0 radical (unpaired) electrons. The molecule has 2 unspecified atom stereocenters. The van der Waals surface area contributed by atoms with Gasteiger partial charge in [-0.2, -0.15) is 0 Å². The highest BCUT2D eigenvalue weighted by Crippen LogP contribution is 2.33. The molecule has 0 aromatic heterocycles. The van der Waals surface area contributed by atoms with Gasteiger partial charge in [0, 0.05) is 6.04 Å². The van der Waals surface area contributed by atoms with Crippen molar-refractivity contribution in [2.45, 2.75) is 37.8 Å². The minimum absolute atomic E-state index is 0.176. The van der Waals surface area contributed by atoms with Gasteiger partial charge in [0.15, 0.2) is 0 Å². The lowest BCUT2D eigenvalue weighted by Gasteiger charge is -2.06. The molecule has 56 valence electrons. The lowest BCUT2D eigenvalue weighted by atomic mass is 10.0. The molecular weight excluding hydrogens is 126 g/mol. The zero-order chi connectivity index (χ0) is 6.97. The van der Waals surface area contributed by atoms with Crippen LogP contribution in [0.5, 0.6) is 0 Å². The molecule has 1 saturated carbocycles. The normalized spacial score (nSPS) is 45.4. The molecule has 0 bridgehead atoms. The number of rotatable bonds is 1. The molecule has 10 heavy (non-hydrogen) atoms. The molecule has 0 aromatic carbocycles. The van der Waals surface area contributed by atoms with E-state index in [1.54, 1.807) is 0 Å². The Bertz CT molecular complexity index is 134. The fourth-order valence-electron chi connectivity index (χ4n) is 2.30. The fraction of sp³-hybridized carbons (Fsp3) is 0.875. The average molecular weight is 139 g/mol. The van der Waals surface area contributed by atoms with Crippen LogP contribution in [0.1, 0.15) is 25.7 Å². The standard InChI is InChI=1S/C8H13NO/c10-5-7-4-6-2-1-3-8(6)9-7/h5-9H,1-4H2/t6?,7-,8?/m0/s1. The third-order valence-electron chi connectivity index (χ3n) is 2.81. The van der Waals surface area contributed by atoms with Crippen LogP contribution in [0.3, 0.4) is 0 Å². The molecule has 0 spiro atoms. The molecule has 1 heterocycles. The third kappa shape index (κ3) is 0.870. The Morgan fingerprint density at radius 2 is 2.30 bits per heavy atom. The van der Waals surface area contributed by atoms with Crippen LogP contribution in [0.15, 0.2) is 0 Å². The van der Waals surface area contributed by atoms with Crippen LogP contribution < -0.4 is 5.32 Å². The lowest BCUT2D eigenvalue weighted by molar-refractivity contribution is -0.109. The quantitative estimate of drug-likeness (QED) is 0.542. The molecule has 1 aliphatic heterocycles. The minimum Gasteiger partial charge on any atom is -0.305 e. The maximum Gasteiger partial charge on any atom is 0.136 e. The summed E-state index contributed by atoms with van der Waals surface area (Å²) < 4.78 is 0. The highest BCUT2D eigenvalue weighted by molar-refractivity contribution is 5.58. The topological polar surface area (TPSA) is 29.1 Å². The molecule has 2 heteroatoms. The smallest absolute Gasteiger partial charge is 0.136 e. The summed E-state index contributed by atoms with van der Waals surface area (Å²) in [6.45, 7) is 0. The Labute approximate surface area is 61.0 Å². The highest BCUT2D eigenvalue weighted by atomic mass is 16.1. The van der Waals surface area contributed by atoms with Crippen molar-refractivity contribution in [3.63, 3.8) is 0 Å². The summed E-state index contributed by atoms with van der Waals surface area (Å²) in [4.78, 5) is 10.4. The van der Waals surface area contributed by atoms with Crippen molar-refractivity contribution in [1.82, 2.24) is 5.32 Å². The number of hydrogen-bond acceptors (Lipinski definition) is 2. The predicted molar refractivity (Wildman–Crippen MR) is 38.7 cm³/mol. The monoisotopic (exact) mass is 139 g/mol. The van der Waals surface area contributed by atoms with E-state index in [0.717, 1.165) is 18.6 Å². The van der Waals surface area contributed by atoms with Crippen LogP contribution in [0.25, 0.3) is 0 Å². The molecule has 3 atom stereocenters. The van der Waals surface area contributed by atoms with Crippen molar-refractivity contribution in [2.24, 2.45) is 5.92 Å². The molecule has 2 fully saturated rings. The van der Waals surface area contributed by atoms with Gasteiger partial charge >= 0.3 is 0 Å². The molecule has 0 amide bonds. The lowest BCUT2D eigenvalue weighted by Crippen LogP contribution is -2.29. The van der Waals surface area contributed by atoms with E-state index in [2.05, 4.69) is 5.32 Å². The number of carbonyl (C=O) groups excluding carboxylic acids is 1. The van der Waals surface area contributed by atoms with E-state index < -0.39 is 0 Å². The first-order valence-electron chi connectivity index (χ1n) is 4.11. The molecular formula is C8H13NO. The van der Waals surface area contributed by atoms with E-state index in [4.69, 9.17) is 0 Å². The first kappa shape index (κ1) is 6.35. The van der Waals surface area contributed by atoms with Crippen LogP contribution in [0.4, 0.5) is 0 Å². The van der Waals surface area contributed by atoms with Gasteiger partial charge in [0.25, 0.3) is 0 Å². The van der Waals surface area contributed by atoms with Crippen LogP contribution in [-0.4, -0.2) is 18.4 Å². The Morgan fingerprint density at radius 3 is 3.00 bits per heavy atom. The summed E-state index contributed by atoms with van der Waals surface area (Å²) in [6, 6.07) is 0.852. The number of aldehydes is 1. The van der Waals surface area contributed by atoms with Gasteiger partial charge in [-0.25, -0.2) is 0 Å². The average Bonchev–Trinajstić information content (AvgIpc) is 2.42. The Morgan fingerprint density at radius 1 is 1.40 bits per heavy atom. The van der Waals surface area contributed by atoms with Gasteiger partial charge in [0.1, 0.15) is 6.29 Å². The molecule has 1 N–H and O–H groups in total. The van der Waals surface area contributed by atoms with E-state index in [0.29, 0.717) is 6.04 Å². The summed E-state index contributed by atoms with van der Waals surface area (Å²) >= 11 is 0. The minimum atomic E-state index is 0.176. The molecule has 2 rings (SSSR count). The Hall–Kier alpha value is -0.370. The Balaban J connectivity index is 1.99. The largest absolute Gasteiger partial charge is 0.305 e. The zero-order valence-electron chi connectivity index (χ0n) is 6.05. The maximum absolute atomic E-state index is 10.4. The highest BCUT2D eigenvalue weighted by Gasteiger charge is 2.36. The second kappa shape index (κ2) is 2.35. The second-order valence-electron chi connectivity index (χ2n) is 3.44. The SMILES string of the molecule is O=C[C@@H]1CC2CCCC2N1. The van der Waals surface area contributed by atoms with Crippen molar-refractivity contribution < 1.29 is 4.79 Å². The Kier molecular flexibility index (Phi) is 1.49. The van der Waals surface area contributed by atoms with Crippen LogP contribution in [0, 0.1) is 5.92 Å². The summed E-state index contributed by atoms with van der Waals surface area (Å²) in [6.07, 6.45) is 6.12. The van der Waals surface area contributed by atoms with Gasteiger partial charge < -0.3 is 10.1 Å². The van der Waals surface area contributed by atoms with Crippen molar-refractivity contribution in [3.8, 4) is 0 Å². The molecule has 2 nitrogen and oxygen atoms in total. The third-order valence-corrected chi connectivity index (χ3v) is 2.81. The van der Waals surface area contributed by atoms with Gasteiger partial charge in [-0.3, -0.25) is 0 Å². The van der Waals surface area contributed by atoms with Crippen molar-refractivity contribution in [2.75, 3.05) is 0 Å². The van der Waals surface area contributed by atoms with Gasteiger partial charge in [-0.05, 0) is 25.2 Å².